The summed E-state index contributed by atoms with van der Waals surface area (Å²) >= 11 is 0. The first-order valence-electron chi connectivity index (χ1n) is 8.30. The highest BCUT2D eigenvalue weighted by Gasteiger charge is 2.27. The summed E-state index contributed by atoms with van der Waals surface area (Å²) in [5.41, 5.74) is 0. The molecule has 0 amide bonds. The van der Waals surface area contributed by atoms with Crippen molar-refractivity contribution in [2.75, 3.05) is 25.9 Å². The third-order valence-corrected chi connectivity index (χ3v) is 6.75. The fourth-order valence-corrected chi connectivity index (χ4v) is 4.81. The van der Waals surface area contributed by atoms with Crippen LogP contribution in [0, 0.1) is 5.92 Å². The Morgan fingerprint density at radius 1 is 1.16 bits per heavy atom. The van der Waals surface area contributed by atoms with Gasteiger partial charge in [0.05, 0.1) is 6.26 Å². The minimum absolute atomic E-state index is 0.112. The van der Waals surface area contributed by atoms with Gasteiger partial charge in [0, 0.05) is 19.6 Å². The van der Waals surface area contributed by atoms with E-state index in [1.165, 1.54) is 16.6 Å². The van der Waals surface area contributed by atoms with Gasteiger partial charge in [-0.05, 0) is 30.9 Å². The standard InChI is InChI=1S/C16H26N2O5S2/c1-13(2)12-17-25(21,22)16-7-5-4-6-15(16)23-14-8-10-18(11-9-14)24(3,19)20/h4-7,13-14,17H,8-12H2,1-3H3. The van der Waals surface area contributed by atoms with Crippen LogP contribution in [-0.2, 0) is 20.0 Å². The highest BCUT2D eigenvalue weighted by atomic mass is 32.2. The number of piperidine rings is 1. The van der Waals surface area contributed by atoms with Crippen LogP contribution in [0.25, 0.3) is 0 Å². The van der Waals surface area contributed by atoms with E-state index in [4.69, 9.17) is 4.74 Å². The Morgan fingerprint density at radius 2 is 1.76 bits per heavy atom. The molecular formula is C16H26N2O5S2. The molecule has 0 aliphatic carbocycles. The number of sulfonamides is 2. The molecule has 1 aliphatic heterocycles. The lowest BCUT2D eigenvalue weighted by Crippen LogP contribution is -2.41. The van der Waals surface area contributed by atoms with Crippen molar-refractivity contribution in [3.63, 3.8) is 0 Å². The normalized spacial score (nSPS) is 17.8. The van der Waals surface area contributed by atoms with Gasteiger partial charge in [0.2, 0.25) is 20.0 Å². The van der Waals surface area contributed by atoms with Crippen molar-refractivity contribution in [3.8, 4) is 5.75 Å². The maximum atomic E-state index is 12.5. The van der Waals surface area contributed by atoms with Crippen molar-refractivity contribution in [1.29, 1.82) is 0 Å². The Bertz CT molecular complexity index is 782. The van der Waals surface area contributed by atoms with Gasteiger partial charge in [-0.15, -0.1) is 0 Å². The molecule has 1 heterocycles. The van der Waals surface area contributed by atoms with Crippen LogP contribution in [-0.4, -0.2) is 53.1 Å². The molecule has 1 aromatic rings. The highest BCUT2D eigenvalue weighted by molar-refractivity contribution is 7.89. The molecule has 1 aromatic carbocycles. The van der Waals surface area contributed by atoms with Crippen LogP contribution in [0.15, 0.2) is 29.2 Å². The molecule has 0 radical (unpaired) electrons. The molecule has 1 N–H and O–H groups in total. The number of ether oxygens (including phenoxy) is 1. The summed E-state index contributed by atoms with van der Waals surface area (Å²) in [5, 5.41) is 0. The SMILES string of the molecule is CC(C)CNS(=O)(=O)c1ccccc1OC1CCN(S(C)(=O)=O)CC1. The molecule has 0 saturated carbocycles. The van der Waals surface area contributed by atoms with Gasteiger partial charge in [0.25, 0.3) is 0 Å². The zero-order valence-corrected chi connectivity index (χ0v) is 16.4. The van der Waals surface area contributed by atoms with Crippen LogP contribution in [0.1, 0.15) is 26.7 Å². The van der Waals surface area contributed by atoms with Gasteiger partial charge in [-0.1, -0.05) is 26.0 Å². The second kappa shape index (κ2) is 8.03. The van der Waals surface area contributed by atoms with Gasteiger partial charge >= 0.3 is 0 Å². The van der Waals surface area contributed by atoms with Crippen molar-refractivity contribution in [2.45, 2.75) is 37.7 Å². The lowest BCUT2D eigenvalue weighted by molar-refractivity contribution is 0.132. The summed E-state index contributed by atoms with van der Waals surface area (Å²) in [7, 11) is -6.85. The molecule has 1 saturated heterocycles. The Kier molecular flexibility index (Phi) is 6.47. The van der Waals surface area contributed by atoms with E-state index in [1.54, 1.807) is 18.2 Å². The van der Waals surface area contributed by atoms with Crippen molar-refractivity contribution in [1.82, 2.24) is 9.03 Å². The van der Waals surface area contributed by atoms with E-state index in [1.807, 2.05) is 13.8 Å². The Labute approximate surface area is 150 Å². The summed E-state index contributed by atoms with van der Waals surface area (Å²) < 4.78 is 58.0. The molecule has 0 atom stereocenters. The predicted molar refractivity (Wildman–Crippen MR) is 96.5 cm³/mol. The monoisotopic (exact) mass is 390 g/mol. The van der Waals surface area contributed by atoms with Gasteiger partial charge in [-0.3, -0.25) is 0 Å². The van der Waals surface area contributed by atoms with Gasteiger partial charge in [0.15, 0.2) is 0 Å². The number of nitrogens with one attached hydrogen (secondary N) is 1. The van der Waals surface area contributed by atoms with Crippen LogP contribution >= 0.6 is 0 Å². The first-order valence-corrected chi connectivity index (χ1v) is 11.6. The molecular weight excluding hydrogens is 364 g/mol. The van der Waals surface area contributed by atoms with Crippen LogP contribution in [0.2, 0.25) is 0 Å². The molecule has 0 spiro atoms. The smallest absolute Gasteiger partial charge is 0.244 e. The molecule has 0 unspecified atom stereocenters. The lowest BCUT2D eigenvalue weighted by atomic mass is 10.1. The fourth-order valence-electron chi connectivity index (χ4n) is 2.58. The van der Waals surface area contributed by atoms with E-state index in [2.05, 4.69) is 4.72 Å². The van der Waals surface area contributed by atoms with Crippen molar-refractivity contribution in [3.05, 3.63) is 24.3 Å². The summed E-state index contributed by atoms with van der Waals surface area (Å²) in [4.78, 5) is 0.112. The topological polar surface area (TPSA) is 92.8 Å². The molecule has 1 fully saturated rings. The molecule has 7 nitrogen and oxygen atoms in total. The molecule has 142 valence electrons. The van der Waals surface area contributed by atoms with E-state index in [9.17, 15) is 16.8 Å². The highest BCUT2D eigenvalue weighted by Crippen LogP contribution is 2.27. The fraction of sp³-hybridized carbons (Fsp3) is 0.625. The molecule has 25 heavy (non-hydrogen) atoms. The molecule has 2 rings (SSSR count). The van der Waals surface area contributed by atoms with Gasteiger partial charge in [-0.25, -0.2) is 25.9 Å². The third kappa shape index (κ3) is 5.67. The quantitative estimate of drug-likeness (QED) is 0.760. The van der Waals surface area contributed by atoms with Crippen LogP contribution in [0.3, 0.4) is 0 Å². The van der Waals surface area contributed by atoms with Crippen molar-refractivity contribution in [2.24, 2.45) is 5.92 Å². The summed E-state index contributed by atoms with van der Waals surface area (Å²) in [6.45, 7) is 4.97. The van der Waals surface area contributed by atoms with Crippen molar-refractivity contribution >= 4 is 20.0 Å². The van der Waals surface area contributed by atoms with Gasteiger partial charge in [-0.2, -0.15) is 0 Å². The van der Waals surface area contributed by atoms with E-state index in [0.717, 1.165) is 0 Å². The minimum Gasteiger partial charge on any atom is -0.489 e. The first kappa shape index (κ1) is 20.2. The van der Waals surface area contributed by atoms with E-state index in [-0.39, 0.29) is 16.9 Å². The number of rotatable bonds is 7. The Morgan fingerprint density at radius 3 is 2.32 bits per heavy atom. The Hall–Kier alpha value is -1.16. The van der Waals surface area contributed by atoms with Crippen LogP contribution < -0.4 is 9.46 Å². The predicted octanol–water partition coefficient (Wildman–Crippen LogP) is 1.42. The zero-order chi connectivity index (χ0) is 18.7. The van der Waals surface area contributed by atoms with E-state index >= 15 is 0 Å². The molecule has 0 aromatic heterocycles. The number of benzene rings is 1. The minimum atomic E-state index is -3.65. The zero-order valence-electron chi connectivity index (χ0n) is 14.8. The van der Waals surface area contributed by atoms with Gasteiger partial charge < -0.3 is 4.74 Å². The average Bonchev–Trinajstić information content (AvgIpc) is 2.53. The van der Waals surface area contributed by atoms with E-state index < -0.39 is 20.0 Å². The number of hydrogen-bond donors (Lipinski definition) is 1. The van der Waals surface area contributed by atoms with Crippen molar-refractivity contribution < 1.29 is 21.6 Å². The second-order valence-electron chi connectivity index (χ2n) is 6.67. The second-order valence-corrected chi connectivity index (χ2v) is 10.4. The van der Waals surface area contributed by atoms with Crippen LogP contribution in [0.5, 0.6) is 5.75 Å². The molecule has 9 heteroatoms. The lowest BCUT2D eigenvalue weighted by Gasteiger charge is -2.30. The Balaban J connectivity index is 2.09. The summed E-state index contributed by atoms with van der Waals surface area (Å²) in [6, 6.07) is 6.53. The number of nitrogens with zero attached hydrogens (tertiary/aromatic N) is 1. The largest absolute Gasteiger partial charge is 0.489 e. The summed E-state index contributed by atoms with van der Waals surface area (Å²) in [5.74, 6) is 0.500. The molecule has 1 aliphatic rings. The van der Waals surface area contributed by atoms with Gasteiger partial charge in [0.1, 0.15) is 16.7 Å². The molecule has 0 bridgehead atoms. The maximum absolute atomic E-state index is 12.5. The number of para-hydroxylation sites is 1. The number of hydrogen-bond acceptors (Lipinski definition) is 5. The maximum Gasteiger partial charge on any atom is 0.244 e. The summed E-state index contributed by atoms with van der Waals surface area (Å²) in [6.07, 6.45) is 2.04. The first-order chi connectivity index (χ1) is 11.6. The van der Waals surface area contributed by atoms with Crippen LogP contribution in [0.4, 0.5) is 0 Å². The third-order valence-electron chi connectivity index (χ3n) is 3.98. The average molecular weight is 391 g/mol. The van der Waals surface area contributed by atoms with E-state index in [0.29, 0.717) is 38.2 Å².